The summed E-state index contributed by atoms with van der Waals surface area (Å²) in [6, 6.07) is 12.1. The summed E-state index contributed by atoms with van der Waals surface area (Å²) < 4.78 is 8.69. The summed E-state index contributed by atoms with van der Waals surface area (Å²) in [7, 11) is 1.67. The molecule has 0 fully saturated rings. The van der Waals surface area contributed by atoms with E-state index in [9.17, 15) is 4.79 Å². The first-order valence-corrected chi connectivity index (χ1v) is 8.95. The van der Waals surface area contributed by atoms with Crippen LogP contribution >= 0.6 is 11.3 Å². The predicted molar refractivity (Wildman–Crippen MR) is 99.3 cm³/mol. The number of methoxy groups -OCH3 is 1. The van der Waals surface area contributed by atoms with E-state index in [0.717, 1.165) is 28.0 Å². The molecule has 0 spiro atoms. The van der Waals surface area contributed by atoms with Gasteiger partial charge in [0.25, 0.3) is 5.91 Å². The second-order valence-electron chi connectivity index (χ2n) is 5.79. The second kappa shape index (κ2) is 7.09. The Labute approximate surface area is 146 Å². The van der Waals surface area contributed by atoms with Crippen molar-refractivity contribution >= 4 is 27.5 Å². The van der Waals surface area contributed by atoms with Crippen molar-refractivity contribution in [3.05, 3.63) is 52.5 Å². The third-order valence-electron chi connectivity index (χ3n) is 4.00. The molecule has 0 radical (unpaired) electrons. The summed E-state index contributed by atoms with van der Waals surface area (Å²) in [5, 5.41) is 2.98. The summed E-state index contributed by atoms with van der Waals surface area (Å²) in [5.74, 6) is 0.819. The standard InChI is InChI=1S/C19H22N2O2S/c1-4-9-20-19(22)16-11-18-15(10-13(2)24-18)21(16)12-14-7-5-6-8-17(14)23-3/h5-8,10-11H,4,9,12H2,1-3H3,(H,20,22). The number of nitrogens with zero attached hydrogens (tertiary/aromatic N) is 1. The van der Waals surface area contributed by atoms with Crippen LogP contribution in [0.1, 0.15) is 34.3 Å². The van der Waals surface area contributed by atoms with Crippen LogP contribution < -0.4 is 10.1 Å². The van der Waals surface area contributed by atoms with Crippen molar-refractivity contribution in [1.82, 2.24) is 9.88 Å². The summed E-state index contributed by atoms with van der Waals surface area (Å²) in [6.45, 7) is 5.44. The Kier molecular flexibility index (Phi) is 4.90. The molecule has 3 aromatic rings. The minimum absolute atomic E-state index is 0.0206. The van der Waals surface area contributed by atoms with Crippen LogP contribution in [0.3, 0.4) is 0 Å². The molecule has 2 aromatic heterocycles. The van der Waals surface area contributed by atoms with Crippen LogP contribution in [0.15, 0.2) is 36.4 Å². The van der Waals surface area contributed by atoms with Crippen LogP contribution in [0.25, 0.3) is 10.2 Å². The van der Waals surface area contributed by atoms with Gasteiger partial charge in [-0.3, -0.25) is 4.79 Å². The minimum atomic E-state index is -0.0206. The van der Waals surface area contributed by atoms with Crippen molar-refractivity contribution in [2.24, 2.45) is 0 Å². The van der Waals surface area contributed by atoms with Gasteiger partial charge in [0.05, 0.1) is 23.9 Å². The number of nitrogens with one attached hydrogen (secondary N) is 1. The quantitative estimate of drug-likeness (QED) is 0.729. The fourth-order valence-corrected chi connectivity index (χ4v) is 3.82. The lowest BCUT2D eigenvalue weighted by Crippen LogP contribution is -2.26. The van der Waals surface area contributed by atoms with E-state index in [1.807, 2.05) is 30.3 Å². The van der Waals surface area contributed by atoms with Gasteiger partial charge in [-0.25, -0.2) is 0 Å². The zero-order chi connectivity index (χ0) is 17.1. The largest absolute Gasteiger partial charge is 0.496 e. The van der Waals surface area contributed by atoms with E-state index in [2.05, 4.69) is 29.8 Å². The highest BCUT2D eigenvalue weighted by Gasteiger charge is 2.18. The average molecular weight is 342 g/mol. The molecule has 1 amide bonds. The lowest BCUT2D eigenvalue weighted by Gasteiger charge is -2.13. The zero-order valence-electron chi connectivity index (χ0n) is 14.3. The molecule has 126 valence electrons. The molecule has 5 heteroatoms. The van der Waals surface area contributed by atoms with E-state index in [-0.39, 0.29) is 5.91 Å². The molecule has 1 N–H and O–H groups in total. The number of rotatable bonds is 6. The lowest BCUT2D eigenvalue weighted by atomic mass is 10.2. The van der Waals surface area contributed by atoms with Gasteiger partial charge in [-0.05, 0) is 31.5 Å². The molecule has 0 saturated carbocycles. The van der Waals surface area contributed by atoms with Gasteiger partial charge in [-0.15, -0.1) is 11.3 Å². The molecule has 4 nitrogen and oxygen atoms in total. The number of fused-ring (bicyclic) bond motifs is 1. The maximum Gasteiger partial charge on any atom is 0.267 e. The summed E-state index contributed by atoms with van der Waals surface area (Å²) >= 11 is 1.72. The van der Waals surface area contributed by atoms with Crippen molar-refractivity contribution in [3.8, 4) is 5.75 Å². The van der Waals surface area contributed by atoms with E-state index in [4.69, 9.17) is 4.74 Å². The number of benzene rings is 1. The molecular formula is C19H22N2O2S. The number of carbonyl (C=O) groups excluding carboxylic acids is 1. The first-order valence-electron chi connectivity index (χ1n) is 8.13. The Hall–Kier alpha value is -2.27. The molecule has 0 aliphatic rings. The van der Waals surface area contributed by atoms with Crippen molar-refractivity contribution in [2.75, 3.05) is 13.7 Å². The van der Waals surface area contributed by atoms with E-state index in [1.54, 1.807) is 18.4 Å². The van der Waals surface area contributed by atoms with Gasteiger partial charge in [-0.2, -0.15) is 0 Å². The SMILES string of the molecule is CCCNC(=O)c1cc2sc(C)cc2n1Cc1ccccc1OC. The molecular weight excluding hydrogens is 320 g/mol. The fraction of sp³-hybridized carbons (Fsp3) is 0.316. The van der Waals surface area contributed by atoms with Gasteiger partial charge in [0.15, 0.2) is 0 Å². The molecule has 24 heavy (non-hydrogen) atoms. The smallest absolute Gasteiger partial charge is 0.267 e. The number of carbonyl (C=O) groups is 1. The van der Waals surface area contributed by atoms with Gasteiger partial charge >= 0.3 is 0 Å². The Balaban J connectivity index is 2.04. The maximum atomic E-state index is 12.6. The van der Waals surface area contributed by atoms with Crippen LogP contribution in [0.5, 0.6) is 5.75 Å². The van der Waals surface area contributed by atoms with Crippen LogP contribution in [0.4, 0.5) is 0 Å². The third-order valence-corrected chi connectivity index (χ3v) is 4.99. The molecule has 3 rings (SSSR count). The van der Waals surface area contributed by atoms with Gasteiger partial charge in [-0.1, -0.05) is 25.1 Å². The fourth-order valence-electron chi connectivity index (χ4n) is 2.86. The topological polar surface area (TPSA) is 43.3 Å². The number of hydrogen-bond donors (Lipinski definition) is 1. The van der Waals surface area contributed by atoms with Crippen LogP contribution in [0.2, 0.25) is 0 Å². The van der Waals surface area contributed by atoms with Crippen molar-refractivity contribution < 1.29 is 9.53 Å². The number of thiophene rings is 1. The molecule has 0 saturated heterocycles. The molecule has 0 atom stereocenters. The number of hydrogen-bond acceptors (Lipinski definition) is 3. The van der Waals surface area contributed by atoms with Crippen LogP contribution in [0, 0.1) is 6.92 Å². The highest BCUT2D eigenvalue weighted by atomic mass is 32.1. The number of para-hydroxylation sites is 1. The number of ether oxygens (including phenoxy) is 1. The second-order valence-corrected chi connectivity index (χ2v) is 7.08. The molecule has 0 unspecified atom stereocenters. The Bertz CT molecular complexity index is 864. The number of amides is 1. The number of aromatic nitrogens is 1. The van der Waals surface area contributed by atoms with Gasteiger partial charge in [0.2, 0.25) is 0 Å². The lowest BCUT2D eigenvalue weighted by molar-refractivity contribution is 0.0945. The normalized spacial score (nSPS) is 11.0. The molecule has 2 heterocycles. The monoisotopic (exact) mass is 342 g/mol. The van der Waals surface area contributed by atoms with E-state index in [0.29, 0.717) is 18.8 Å². The van der Waals surface area contributed by atoms with Crippen LogP contribution in [-0.2, 0) is 6.54 Å². The van der Waals surface area contributed by atoms with Crippen molar-refractivity contribution in [2.45, 2.75) is 26.8 Å². The third kappa shape index (κ3) is 3.17. The Morgan fingerprint density at radius 3 is 2.83 bits per heavy atom. The highest BCUT2D eigenvalue weighted by molar-refractivity contribution is 7.19. The van der Waals surface area contributed by atoms with Gasteiger partial charge in [0.1, 0.15) is 11.4 Å². The van der Waals surface area contributed by atoms with Gasteiger partial charge < -0.3 is 14.6 Å². The predicted octanol–water partition coefficient (Wildman–Crippen LogP) is 4.21. The summed E-state index contributed by atoms with van der Waals surface area (Å²) in [5.41, 5.74) is 2.87. The Morgan fingerprint density at radius 2 is 2.08 bits per heavy atom. The first kappa shape index (κ1) is 16.6. The summed E-state index contributed by atoms with van der Waals surface area (Å²) in [6.07, 6.45) is 0.923. The van der Waals surface area contributed by atoms with Crippen molar-refractivity contribution in [1.29, 1.82) is 0 Å². The molecule has 0 aliphatic heterocycles. The molecule has 1 aromatic carbocycles. The zero-order valence-corrected chi connectivity index (χ0v) is 15.1. The first-order chi connectivity index (χ1) is 11.6. The number of aryl methyl sites for hydroxylation is 1. The van der Waals surface area contributed by atoms with Crippen molar-refractivity contribution in [3.63, 3.8) is 0 Å². The maximum absolute atomic E-state index is 12.6. The van der Waals surface area contributed by atoms with E-state index in [1.165, 1.54) is 4.88 Å². The Morgan fingerprint density at radius 1 is 1.29 bits per heavy atom. The average Bonchev–Trinajstić information content (AvgIpc) is 3.10. The van der Waals surface area contributed by atoms with E-state index >= 15 is 0 Å². The van der Waals surface area contributed by atoms with Gasteiger partial charge in [0, 0.05) is 17.0 Å². The van der Waals surface area contributed by atoms with E-state index < -0.39 is 0 Å². The summed E-state index contributed by atoms with van der Waals surface area (Å²) in [4.78, 5) is 13.8. The minimum Gasteiger partial charge on any atom is -0.496 e. The molecule has 0 bridgehead atoms. The highest BCUT2D eigenvalue weighted by Crippen LogP contribution is 2.30. The molecule has 0 aliphatic carbocycles. The van der Waals surface area contributed by atoms with Crippen LogP contribution in [-0.4, -0.2) is 24.1 Å².